The Kier molecular flexibility index (Phi) is 4.13. The molecule has 0 spiro atoms. The number of aromatic nitrogens is 3. The van der Waals surface area contributed by atoms with Crippen molar-refractivity contribution in [2.24, 2.45) is 0 Å². The van der Waals surface area contributed by atoms with Gasteiger partial charge in [0, 0.05) is 32.7 Å². The molecule has 0 aromatic carbocycles. The van der Waals surface area contributed by atoms with Crippen molar-refractivity contribution in [1.29, 1.82) is 0 Å². The van der Waals surface area contributed by atoms with Crippen LogP contribution in [0.3, 0.4) is 0 Å². The van der Waals surface area contributed by atoms with Crippen molar-refractivity contribution in [3.8, 4) is 0 Å². The van der Waals surface area contributed by atoms with Gasteiger partial charge in [0.25, 0.3) is 0 Å². The number of aliphatic hydroxyl groups is 2. The zero-order valence-corrected chi connectivity index (χ0v) is 10.2. The molecule has 14 heavy (non-hydrogen) atoms. The van der Waals surface area contributed by atoms with Gasteiger partial charge in [-0.3, -0.25) is 4.98 Å². The molecule has 5 nitrogen and oxygen atoms in total. The Hall–Kier alpha value is -0.356. The van der Waals surface area contributed by atoms with Crippen molar-refractivity contribution in [2.75, 3.05) is 0 Å². The SMILES string of the molecule is OCc1cn(CO)c2nc[c-]nc12.[Y]. The molecule has 0 unspecified atom stereocenters. The summed E-state index contributed by atoms with van der Waals surface area (Å²) in [6, 6.07) is 0. The average Bonchev–Trinajstić information content (AvgIpc) is 2.56. The maximum atomic E-state index is 8.97. The summed E-state index contributed by atoms with van der Waals surface area (Å²) in [6.45, 7) is -0.286. The van der Waals surface area contributed by atoms with Crippen LogP contribution in [0, 0.1) is 6.20 Å². The Bertz CT molecular complexity index is 391. The molecule has 6 heteroatoms. The zero-order valence-electron chi connectivity index (χ0n) is 7.38. The molecule has 1 radical (unpaired) electrons. The van der Waals surface area contributed by atoms with E-state index in [-0.39, 0.29) is 46.0 Å². The Morgan fingerprint density at radius 1 is 1.43 bits per heavy atom. The fourth-order valence-electron chi connectivity index (χ4n) is 1.25. The van der Waals surface area contributed by atoms with Crippen molar-refractivity contribution in [3.05, 3.63) is 24.2 Å². The van der Waals surface area contributed by atoms with Crippen LogP contribution in [0.2, 0.25) is 0 Å². The van der Waals surface area contributed by atoms with E-state index < -0.39 is 0 Å². The van der Waals surface area contributed by atoms with E-state index in [4.69, 9.17) is 10.2 Å². The van der Waals surface area contributed by atoms with E-state index >= 15 is 0 Å². The van der Waals surface area contributed by atoms with Crippen molar-refractivity contribution >= 4 is 11.2 Å². The molecule has 0 saturated heterocycles. The zero-order chi connectivity index (χ0) is 9.26. The average molecular weight is 267 g/mol. The molecule has 0 bridgehead atoms. The van der Waals surface area contributed by atoms with Gasteiger partial charge in [-0.2, -0.15) is 0 Å². The van der Waals surface area contributed by atoms with Crippen molar-refractivity contribution < 1.29 is 42.9 Å². The molecule has 2 aromatic rings. The summed E-state index contributed by atoms with van der Waals surface area (Å²) in [5.41, 5.74) is 1.79. The molecule has 0 fully saturated rings. The molecule has 2 heterocycles. The summed E-state index contributed by atoms with van der Waals surface area (Å²) in [7, 11) is 0. The topological polar surface area (TPSA) is 71.2 Å². The maximum Gasteiger partial charge on any atom is 0.119 e. The molecule has 71 valence electrons. The summed E-state index contributed by atoms with van der Waals surface area (Å²) in [5, 5.41) is 17.9. The van der Waals surface area contributed by atoms with Gasteiger partial charge >= 0.3 is 0 Å². The van der Waals surface area contributed by atoms with Gasteiger partial charge < -0.3 is 19.8 Å². The molecule has 0 saturated carbocycles. The van der Waals surface area contributed by atoms with Gasteiger partial charge in [0.1, 0.15) is 6.73 Å². The largest absolute Gasteiger partial charge is 0.447 e. The minimum atomic E-state index is -0.171. The van der Waals surface area contributed by atoms with Crippen LogP contribution in [-0.2, 0) is 46.0 Å². The Labute approximate surface area is 106 Å². The standard InChI is InChI=1S/C8H8N3O2.Y/c12-4-6-3-11(5-13)8-7(6)9-1-2-10-8;/h2-3,12-13H,4-5H2;/q-1;. The third-order valence-electron chi connectivity index (χ3n) is 1.84. The van der Waals surface area contributed by atoms with Crippen LogP contribution < -0.4 is 0 Å². The molecule has 0 atom stereocenters. The van der Waals surface area contributed by atoms with Crippen molar-refractivity contribution in [2.45, 2.75) is 13.3 Å². The monoisotopic (exact) mass is 267 g/mol. The van der Waals surface area contributed by atoms with Gasteiger partial charge in [0.15, 0.2) is 0 Å². The van der Waals surface area contributed by atoms with E-state index in [1.165, 1.54) is 10.8 Å². The van der Waals surface area contributed by atoms with E-state index in [0.717, 1.165) is 0 Å². The number of hydrogen-bond donors (Lipinski definition) is 2. The number of hydrogen-bond acceptors (Lipinski definition) is 4. The fraction of sp³-hybridized carbons (Fsp3) is 0.250. The minimum Gasteiger partial charge on any atom is -0.447 e. The maximum absolute atomic E-state index is 8.97. The van der Waals surface area contributed by atoms with Crippen LogP contribution in [0.15, 0.2) is 12.4 Å². The Morgan fingerprint density at radius 2 is 2.21 bits per heavy atom. The smallest absolute Gasteiger partial charge is 0.119 e. The van der Waals surface area contributed by atoms with Crippen LogP contribution in [0.1, 0.15) is 5.56 Å². The van der Waals surface area contributed by atoms with Gasteiger partial charge in [-0.05, 0) is 17.9 Å². The quantitative estimate of drug-likeness (QED) is 0.731. The first kappa shape index (κ1) is 11.7. The predicted octanol–water partition coefficient (Wildman–Crippen LogP) is -0.329. The Morgan fingerprint density at radius 3 is 2.86 bits per heavy atom. The summed E-state index contributed by atoms with van der Waals surface area (Å²) in [5.74, 6) is 0. The van der Waals surface area contributed by atoms with E-state index in [1.807, 2.05) is 0 Å². The number of fused-ring (bicyclic) bond motifs is 1. The predicted molar refractivity (Wildman–Crippen MR) is 44.5 cm³/mol. The molecule has 2 N–H and O–H groups in total. The minimum absolute atomic E-state index is 0. The van der Waals surface area contributed by atoms with Crippen molar-refractivity contribution in [3.63, 3.8) is 0 Å². The molecule has 0 aliphatic rings. The summed E-state index contributed by atoms with van der Waals surface area (Å²) >= 11 is 0. The molecular weight excluding hydrogens is 259 g/mol. The number of rotatable bonds is 2. The molecule has 2 aromatic heterocycles. The van der Waals surface area contributed by atoms with Crippen molar-refractivity contribution in [1.82, 2.24) is 14.5 Å². The van der Waals surface area contributed by atoms with Crippen LogP contribution in [0.5, 0.6) is 0 Å². The third-order valence-corrected chi connectivity index (χ3v) is 1.84. The fourth-order valence-corrected chi connectivity index (χ4v) is 1.25. The first-order valence-electron chi connectivity index (χ1n) is 3.79. The second-order valence-electron chi connectivity index (χ2n) is 2.59. The van der Waals surface area contributed by atoms with Crippen LogP contribution in [0.25, 0.3) is 11.2 Å². The second kappa shape index (κ2) is 4.93. The molecule has 0 aliphatic carbocycles. The van der Waals surface area contributed by atoms with Crippen LogP contribution >= 0.6 is 0 Å². The van der Waals surface area contributed by atoms with E-state index in [0.29, 0.717) is 16.7 Å². The summed E-state index contributed by atoms with van der Waals surface area (Å²) < 4.78 is 1.52. The second-order valence-corrected chi connectivity index (χ2v) is 2.59. The summed E-state index contributed by atoms with van der Waals surface area (Å²) in [4.78, 5) is 7.94. The van der Waals surface area contributed by atoms with E-state index in [2.05, 4.69) is 16.2 Å². The van der Waals surface area contributed by atoms with E-state index in [9.17, 15) is 0 Å². The molecule has 0 aliphatic heterocycles. The van der Waals surface area contributed by atoms with Gasteiger partial charge in [0.2, 0.25) is 0 Å². The van der Waals surface area contributed by atoms with Gasteiger partial charge in [-0.25, -0.2) is 0 Å². The van der Waals surface area contributed by atoms with Crippen LogP contribution in [-0.4, -0.2) is 24.7 Å². The molecule has 2 rings (SSSR count). The molecule has 0 amide bonds. The van der Waals surface area contributed by atoms with Gasteiger partial charge in [-0.1, -0.05) is 5.56 Å². The van der Waals surface area contributed by atoms with E-state index in [1.54, 1.807) is 6.20 Å². The third kappa shape index (κ3) is 1.86. The normalized spacial score (nSPS) is 10.1. The van der Waals surface area contributed by atoms with Crippen LogP contribution in [0.4, 0.5) is 0 Å². The number of aliphatic hydroxyl groups excluding tert-OH is 2. The first-order valence-corrected chi connectivity index (χ1v) is 3.79. The van der Waals surface area contributed by atoms with Gasteiger partial charge in [0.05, 0.1) is 12.3 Å². The summed E-state index contributed by atoms with van der Waals surface area (Å²) in [6.07, 6.45) is 5.63. The first-order chi connectivity index (χ1) is 6.36. The Balaban J connectivity index is 0.000000980. The van der Waals surface area contributed by atoms with Gasteiger partial charge in [-0.15, -0.1) is 6.20 Å². The number of nitrogens with zero attached hydrogens (tertiary/aromatic N) is 3. The molecular formula is C8H8N3O2Y-.